The van der Waals surface area contributed by atoms with E-state index in [4.69, 9.17) is 0 Å². The van der Waals surface area contributed by atoms with Gasteiger partial charge in [0.25, 0.3) is 5.91 Å². The van der Waals surface area contributed by atoms with E-state index in [1.54, 1.807) is 0 Å². The lowest BCUT2D eigenvalue weighted by Gasteiger charge is -2.22. The van der Waals surface area contributed by atoms with E-state index in [0.29, 0.717) is 0 Å². The van der Waals surface area contributed by atoms with Crippen LogP contribution in [0.15, 0.2) is 47.4 Å². The quantitative estimate of drug-likeness (QED) is 0.809. The van der Waals surface area contributed by atoms with E-state index in [0.717, 1.165) is 44.2 Å². The second kappa shape index (κ2) is 8.14. The van der Waals surface area contributed by atoms with E-state index in [1.165, 1.54) is 30.3 Å². The molecule has 2 N–H and O–H groups in total. The number of rotatable bonds is 5. The van der Waals surface area contributed by atoms with Crippen LogP contribution < -0.4 is 10.0 Å². The first-order chi connectivity index (χ1) is 12.9. The molecule has 0 spiro atoms. The molecular formula is C19H20F2N2O3S. The number of amides is 1. The zero-order chi connectivity index (χ0) is 19.4. The minimum atomic E-state index is -3.78. The Morgan fingerprint density at radius 3 is 2.26 bits per heavy atom. The number of nitrogens with one attached hydrogen (secondary N) is 2. The number of hydrogen-bond acceptors (Lipinski definition) is 3. The first-order valence-corrected chi connectivity index (χ1v) is 10.2. The maximum atomic E-state index is 13.7. The summed E-state index contributed by atoms with van der Waals surface area (Å²) in [6.07, 6.45) is 4.62. The first-order valence-electron chi connectivity index (χ1n) is 8.74. The number of carbonyl (C=O) groups excluding carboxylic acids is 1. The van der Waals surface area contributed by atoms with E-state index >= 15 is 0 Å². The van der Waals surface area contributed by atoms with Gasteiger partial charge in [-0.1, -0.05) is 31.4 Å². The third kappa shape index (κ3) is 4.70. The molecule has 1 aliphatic carbocycles. The van der Waals surface area contributed by atoms with Crippen LogP contribution in [0.5, 0.6) is 0 Å². The van der Waals surface area contributed by atoms with Crippen molar-refractivity contribution in [3.05, 3.63) is 59.7 Å². The number of benzene rings is 2. The van der Waals surface area contributed by atoms with Crippen LogP contribution >= 0.6 is 0 Å². The highest BCUT2D eigenvalue weighted by Crippen LogP contribution is 2.22. The summed E-state index contributed by atoms with van der Waals surface area (Å²) in [5.74, 6) is -2.62. The number of hydrogen-bond donors (Lipinski definition) is 2. The third-order valence-electron chi connectivity index (χ3n) is 4.53. The topological polar surface area (TPSA) is 75.3 Å². The van der Waals surface area contributed by atoms with Gasteiger partial charge in [0.1, 0.15) is 17.3 Å². The van der Waals surface area contributed by atoms with Crippen molar-refractivity contribution in [2.75, 3.05) is 5.32 Å². The molecule has 1 fully saturated rings. The molecule has 27 heavy (non-hydrogen) atoms. The fraction of sp³-hybridized carbons (Fsp3) is 0.316. The van der Waals surface area contributed by atoms with E-state index < -0.39 is 33.3 Å². The molecule has 2 aromatic carbocycles. The molecular weight excluding hydrogens is 374 g/mol. The minimum Gasteiger partial charge on any atom is -0.317 e. The lowest BCUT2D eigenvalue weighted by molar-refractivity contribution is 0.102. The molecule has 5 nitrogen and oxygen atoms in total. The van der Waals surface area contributed by atoms with Crippen LogP contribution in [0.4, 0.5) is 14.5 Å². The summed E-state index contributed by atoms with van der Waals surface area (Å²) < 4.78 is 55.2. The number of sulfonamides is 1. The maximum Gasteiger partial charge on any atom is 0.255 e. The second-order valence-corrected chi connectivity index (χ2v) is 8.25. The van der Waals surface area contributed by atoms with Crippen LogP contribution in [-0.4, -0.2) is 20.4 Å². The molecule has 8 heteroatoms. The van der Waals surface area contributed by atoms with E-state index in [2.05, 4.69) is 10.0 Å². The largest absolute Gasteiger partial charge is 0.317 e. The second-order valence-electron chi connectivity index (χ2n) is 6.53. The van der Waals surface area contributed by atoms with Gasteiger partial charge in [-0.15, -0.1) is 0 Å². The molecule has 0 atom stereocenters. The van der Waals surface area contributed by atoms with Crippen LogP contribution in [0.1, 0.15) is 42.5 Å². The molecule has 0 saturated heterocycles. The molecule has 0 radical (unpaired) electrons. The van der Waals surface area contributed by atoms with E-state index in [-0.39, 0.29) is 16.5 Å². The van der Waals surface area contributed by atoms with Gasteiger partial charge in [-0.25, -0.2) is 21.9 Å². The van der Waals surface area contributed by atoms with Gasteiger partial charge in [-0.05, 0) is 43.2 Å². The summed E-state index contributed by atoms with van der Waals surface area (Å²) in [6, 6.07) is 8.49. The summed E-state index contributed by atoms with van der Waals surface area (Å²) in [5.41, 5.74) is -0.583. The van der Waals surface area contributed by atoms with Crippen LogP contribution in [-0.2, 0) is 10.0 Å². The van der Waals surface area contributed by atoms with Crippen molar-refractivity contribution in [2.24, 2.45) is 0 Å². The van der Waals surface area contributed by atoms with Crippen molar-refractivity contribution in [1.29, 1.82) is 0 Å². The predicted octanol–water partition coefficient (Wildman–Crippen LogP) is 3.83. The van der Waals surface area contributed by atoms with Crippen molar-refractivity contribution in [2.45, 2.75) is 43.0 Å². The average molecular weight is 394 g/mol. The van der Waals surface area contributed by atoms with Crippen molar-refractivity contribution < 1.29 is 22.0 Å². The Bertz CT molecular complexity index is 921. The lowest BCUT2D eigenvalue weighted by Crippen LogP contribution is -2.36. The Morgan fingerprint density at radius 2 is 1.59 bits per heavy atom. The lowest BCUT2D eigenvalue weighted by atomic mass is 9.96. The Balaban J connectivity index is 1.79. The molecule has 1 saturated carbocycles. The van der Waals surface area contributed by atoms with Gasteiger partial charge in [0, 0.05) is 11.6 Å². The molecule has 1 aliphatic rings. The average Bonchev–Trinajstić information content (AvgIpc) is 2.65. The SMILES string of the molecule is O=C(Nc1c(F)cccc1F)c1cccc(S(=O)(=O)NC2CCCCC2)c1. The summed E-state index contributed by atoms with van der Waals surface area (Å²) >= 11 is 0. The third-order valence-corrected chi connectivity index (χ3v) is 6.05. The van der Waals surface area contributed by atoms with Crippen LogP contribution in [0, 0.1) is 11.6 Å². The predicted molar refractivity (Wildman–Crippen MR) is 97.9 cm³/mol. The zero-order valence-corrected chi connectivity index (χ0v) is 15.4. The zero-order valence-electron chi connectivity index (χ0n) is 14.5. The molecule has 144 valence electrons. The monoisotopic (exact) mass is 394 g/mol. The summed E-state index contributed by atoms with van der Waals surface area (Å²) in [4.78, 5) is 12.3. The molecule has 2 aromatic rings. The fourth-order valence-electron chi connectivity index (χ4n) is 3.12. The van der Waals surface area contributed by atoms with Gasteiger partial charge in [0.05, 0.1) is 4.90 Å². The highest BCUT2D eigenvalue weighted by molar-refractivity contribution is 7.89. The summed E-state index contributed by atoms with van der Waals surface area (Å²) in [7, 11) is -3.78. The Morgan fingerprint density at radius 1 is 0.963 bits per heavy atom. The summed E-state index contributed by atoms with van der Waals surface area (Å²) in [6.45, 7) is 0. The normalized spacial score (nSPS) is 15.5. The molecule has 0 aliphatic heterocycles. The van der Waals surface area contributed by atoms with Gasteiger partial charge in [-0.3, -0.25) is 4.79 Å². The van der Waals surface area contributed by atoms with Crippen LogP contribution in [0.2, 0.25) is 0 Å². The van der Waals surface area contributed by atoms with Crippen molar-refractivity contribution in [3.63, 3.8) is 0 Å². The highest BCUT2D eigenvalue weighted by atomic mass is 32.2. The first kappa shape index (κ1) is 19.4. The Hall–Kier alpha value is -2.32. The van der Waals surface area contributed by atoms with Gasteiger partial charge in [-0.2, -0.15) is 0 Å². The van der Waals surface area contributed by atoms with Crippen LogP contribution in [0.25, 0.3) is 0 Å². The van der Waals surface area contributed by atoms with Crippen molar-refractivity contribution in [3.8, 4) is 0 Å². The van der Waals surface area contributed by atoms with Gasteiger partial charge >= 0.3 is 0 Å². The van der Waals surface area contributed by atoms with Crippen molar-refractivity contribution in [1.82, 2.24) is 4.72 Å². The maximum absolute atomic E-state index is 13.7. The van der Waals surface area contributed by atoms with Gasteiger partial charge < -0.3 is 5.32 Å². The molecule has 0 unspecified atom stereocenters. The standard InChI is InChI=1S/C19H20F2N2O3S/c20-16-10-5-11-17(21)18(16)22-19(24)13-6-4-9-15(12-13)27(25,26)23-14-7-2-1-3-8-14/h4-6,9-12,14,23H,1-3,7-8H2,(H,22,24). The van der Waals surface area contributed by atoms with Crippen LogP contribution in [0.3, 0.4) is 0 Å². The number of anilines is 1. The molecule has 3 rings (SSSR count). The number of carbonyl (C=O) groups is 1. The molecule has 0 bridgehead atoms. The molecule has 0 heterocycles. The molecule has 0 aromatic heterocycles. The fourth-order valence-corrected chi connectivity index (χ4v) is 4.47. The van der Waals surface area contributed by atoms with E-state index in [9.17, 15) is 22.0 Å². The highest BCUT2D eigenvalue weighted by Gasteiger charge is 2.23. The van der Waals surface area contributed by atoms with E-state index in [1.807, 2.05) is 0 Å². The summed E-state index contributed by atoms with van der Waals surface area (Å²) in [5, 5.41) is 2.15. The smallest absolute Gasteiger partial charge is 0.255 e. The number of halogens is 2. The minimum absolute atomic E-state index is 0.0100. The van der Waals surface area contributed by atoms with Gasteiger partial charge in [0.15, 0.2) is 0 Å². The molecule has 1 amide bonds. The number of para-hydroxylation sites is 1. The Kier molecular flexibility index (Phi) is 5.86. The van der Waals surface area contributed by atoms with Crippen molar-refractivity contribution >= 4 is 21.6 Å². The Labute approximate surface area is 156 Å². The van der Waals surface area contributed by atoms with Gasteiger partial charge in [0.2, 0.25) is 10.0 Å².